The number of aryl methyl sites for hydroxylation is 2. The molecule has 3 nitrogen and oxygen atoms in total. The van der Waals surface area contributed by atoms with Gasteiger partial charge < -0.3 is 15.2 Å². The summed E-state index contributed by atoms with van der Waals surface area (Å²) in [4.78, 5) is 0. The lowest BCUT2D eigenvalue weighted by atomic mass is 9.96. The van der Waals surface area contributed by atoms with Gasteiger partial charge in [0, 0.05) is 17.7 Å². The normalized spacial score (nSPS) is 12.0. The van der Waals surface area contributed by atoms with Gasteiger partial charge in [0.15, 0.2) is 0 Å². The Labute approximate surface area is 126 Å². The zero-order valence-electron chi connectivity index (χ0n) is 13.1. The third-order valence-corrected chi connectivity index (χ3v) is 3.58. The Morgan fingerprint density at radius 1 is 0.952 bits per heavy atom. The van der Waals surface area contributed by atoms with Crippen LogP contribution in [-0.4, -0.2) is 14.2 Å². The molecule has 0 aliphatic rings. The largest absolute Gasteiger partial charge is 0.497 e. The number of benzene rings is 2. The van der Waals surface area contributed by atoms with Crippen LogP contribution in [0.4, 0.5) is 0 Å². The Morgan fingerprint density at radius 3 is 2.19 bits per heavy atom. The summed E-state index contributed by atoms with van der Waals surface area (Å²) >= 11 is 0. The second kappa shape index (κ2) is 6.64. The maximum Gasteiger partial charge on any atom is 0.127 e. The average Bonchev–Trinajstić information content (AvgIpc) is 2.45. The Kier molecular flexibility index (Phi) is 4.86. The number of rotatable bonds is 5. The van der Waals surface area contributed by atoms with Crippen LogP contribution in [0, 0.1) is 13.8 Å². The molecule has 21 heavy (non-hydrogen) atoms. The minimum absolute atomic E-state index is 0.105. The highest BCUT2D eigenvalue weighted by atomic mass is 16.5. The molecule has 0 fully saturated rings. The average molecular weight is 285 g/mol. The molecule has 0 aromatic heterocycles. The molecule has 0 amide bonds. The Hall–Kier alpha value is -2.00. The van der Waals surface area contributed by atoms with E-state index in [2.05, 4.69) is 32.0 Å². The van der Waals surface area contributed by atoms with Crippen LogP contribution in [0.15, 0.2) is 36.4 Å². The first kappa shape index (κ1) is 15.4. The van der Waals surface area contributed by atoms with E-state index in [1.54, 1.807) is 14.2 Å². The Morgan fingerprint density at radius 2 is 1.62 bits per heavy atom. The van der Waals surface area contributed by atoms with E-state index < -0.39 is 0 Å². The molecule has 112 valence electrons. The van der Waals surface area contributed by atoms with Crippen LogP contribution in [0.5, 0.6) is 11.5 Å². The summed E-state index contributed by atoms with van der Waals surface area (Å²) in [5, 5.41) is 0. The van der Waals surface area contributed by atoms with Crippen LogP contribution in [0.3, 0.4) is 0 Å². The number of methoxy groups -OCH3 is 2. The second-order valence-electron chi connectivity index (χ2n) is 5.41. The van der Waals surface area contributed by atoms with E-state index in [9.17, 15) is 0 Å². The Bertz CT molecular complexity index is 602. The molecule has 0 saturated carbocycles. The molecule has 2 aromatic rings. The minimum Gasteiger partial charge on any atom is -0.497 e. The first-order valence-corrected chi connectivity index (χ1v) is 7.08. The van der Waals surface area contributed by atoms with Gasteiger partial charge in [0.1, 0.15) is 11.5 Å². The zero-order valence-corrected chi connectivity index (χ0v) is 13.1. The van der Waals surface area contributed by atoms with Gasteiger partial charge >= 0.3 is 0 Å². The summed E-state index contributed by atoms with van der Waals surface area (Å²) in [5.41, 5.74) is 11.1. The molecule has 3 heteroatoms. The summed E-state index contributed by atoms with van der Waals surface area (Å²) in [6.45, 7) is 4.21. The van der Waals surface area contributed by atoms with Crippen LogP contribution in [0.1, 0.15) is 28.3 Å². The van der Waals surface area contributed by atoms with Crippen molar-refractivity contribution in [1.82, 2.24) is 0 Å². The van der Waals surface area contributed by atoms with Crippen molar-refractivity contribution in [2.24, 2.45) is 5.73 Å². The molecular weight excluding hydrogens is 262 g/mol. The van der Waals surface area contributed by atoms with Gasteiger partial charge in [-0.3, -0.25) is 0 Å². The predicted molar refractivity (Wildman–Crippen MR) is 86.1 cm³/mol. The molecule has 0 heterocycles. The zero-order chi connectivity index (χ0) is 15.4. The lowest BCUT2D eigenvalue weighted by Crippen LogP contribution is -2.14. The molecule has 0 aliphatic heterocycles. The first-order valence-electron chi connectivity index (χ1n) is 7.08. The van der Waals surface area contributed by atoms with Crippen molar-refractivity contribution in [3.05, 3.63) is 58.7 Å². The number of nitrogens with two attached hydrogens (primary N) is 1. The van der Waals surface area contributed by atoms with Crippen molar-refractivity contribution in [3.63, 3.8) is 0 Å². The third kappa shape index (κ3) is 3.76. The van der Waals surface area contributed by atoms with Gasteiger partial charge in [-0.05, 0) is 31.9 Å². The topological polar surface area (TPSA) is 44.5 Å². The SMILES string of the molecule is COc1ccc(C(N)Cc2cc(C)cc(C)c2)c(OC)c1. The van der Waals surface area contributed by atoms with Crippen molar-refractivity contribution >= 4 is 0 Å². The molecular formula is C18H23NO2. The van der Waals surface area contributed by atoms with Crippen molar-refractivity contribution in [2.45, 2.75) is 26.3 Å². The fourth-order valence-electron chi connectivity index (χ4n) is 2.68. The standard InChI is InChI=1S/C18H23NO2/c1-12-7-13(2)9-14(8-12)10-17(19)16-6-5-15(20-3)11-18(16)21-4/h5-9,11,17H,10,19H2,1-4H3. The monoisotopic (exact) mass is 285 g/mol. The molecule has 2 rings (SSSR count). The van der Waals surface area contributed by atoms with Gasteiger partial charge in [-0.15, -0.1) is 0 Å². The highest BCUT2D eigenvalue weighted by molar-refractivity contribution is 5.43. The van der Waals surface area contributed by atoms with Crippen molar-refractivity contribution in [3.8, 4) is 11.5 Å². The molecule has 0 radical (unpaired) electrons. The fraction of sp³-hybridized carbons (Fsp3) is 0.333. The molecule has 1 unspecified atom stereocenters. The molecule has 0 bridgehead atoms. The number of hydrogen-bond donors (Lipinski definition) is 1. The lowest BCUT2D eigenvalue weighted by molar-refractivity contribution is 0.388. The van der Waals surface area contributed by atoms with Crippen LogP contribution >= 0.6 is 0 Å². The van der Waals surface area contributed by atoms with E-state index in [-0.39, 0.29) is 6.04 Å². The van der Waals surface area contributed by atoms with Gasteiger partial charge in [0.05, 0.1) is 14.2 Å². The first-order chi connectivity index (χ1) is 10.0. The van der Waals surface area contributed by atoms with Gasteiger partial charge in [-0.2, -0.15) is 0 Å². The van der Waals surface area contributed by atoms with Crippen molar-refractivity contribution < 1.29 is 9.47 Å². The summed E-state index contributed by atoms with van der Waals surface area (Å²) < 4.78 is 10.7. The smallest absolute Gasteiger partial charge is 0.127 e. The van der Waals surface area contributed by atoms with E-state index in [0.29, 0.717) is 0 Å². The van der Waals surface area contributed by atoms with Gasteiger partial charge in [-0.25, -0.2) is 0 Å². The predicted octanol–water partition coefficient (Wildman–Crippen LogP) is 3.56. The Balaban J connectivity index is 2.25. The van der Waals surface area contributed by atoms with Gasteiger partial charge in [0.2, 0.25) is 0 Å². The molecule has 0 aliphatic carbocycles. The van der Waals surface area contributed by atoms with Crippen molar-refractivity contribution in [2.75, 3.05) is 14.2 Å². The minimum atomic E-state index is -0.105. The number of ether oxygens (including phenoxy) is 2. The van der Waals surface area contributed by atoms with Crippen molar-refractivity contribution in [1.29, 1.82) is 0 Å². The molecule has 0 spiro atoms. The number of hydrogen-bond acceptors (Lipinski definition) is 3. The quantitative estimate of drug-likeness (QED) is 0.913. The lowest BCUT2D eigenvalue weighted by Gasteiger charge is -2.17. The van der Waals surface area contributed by atoms with E-state index in [0.717, 1.165) is 23.5 Å². The van der Waals surface area contributed by atoms with Gasteiger partial charge in [-0.1, -0.05) is 35.4 Å². The van der Waals surface area contributed by atoms with E-state index in [1.807, 2.05) is 18.2 Å². The van der Waals surface area contributed by atoms with Crippen LogP contribution in [-0.2, 0) is 6.42 Å². The summed E-state index contributed by atoms with van der Waals surface area (Å²) in [6.07, 6.45) is 0.783. The molecule has 2 aromatic carbocycles. The van der Waals surface area contributed by atoms with E-state index in [1.165, 1.54) is 16.7 Å². The summed E-state index contributed by atoms with van der Waals surface area (Å²) in [5.74, 6) is 1.54. The summed E-state index contributed by atoms with van der Waals surface area (Å²) in [7, 11) is 3.30. The highest BCUT2D eigenvalue weighted by Gasteiger charge is 2.14. The maximum atomic E-state index is 6.37. The second-order valence-corrected chi connectivity index (χ2v) is 5.41. The molecule has 0 saturated heterocycles. The van der Waals surface area contributed by atoms with Crippen LogP contribution in [0.25, 0.3) is 0 Å². The van der Waals surface area contributed by atoms with Crippen LogP contribution in [0.2, 0.25) is 0 Å². The van der Waals surface area contributed by atoms with E-state index in [4.69, 9.17) is 15.2 Å². The highest BCUT2D eigenvalue weighted by Crippen LogP contribution is 2.30. The fourth-order valence-corrected chi connectivity index (χ4v) is 2.68. The maximum absolute atomic E-state index is 6.37. The summed E-state index contributed by atoms with van der Waals surface area (Å²) in [6, 6.07) is 12.2. The molecule has 2 N–H and O–H groups in total. The third-order valence-electron chi connectivity index (χ3n) is 3.58. The van der Waals surface area contributed by atoms with Crippen LogP contribution < -0.4 is 15.2 Å². The molecule has 1 atom stereocenters. The van der Waals surface area contributed by atoms with Gasteiger partial charge in [0.25, 0.3) is 0 Å². The van der Waals surface area contributed by atoms with E-state index >= 15 is 0 Å².